The molecule has 0 spiro atoms. The van der Waals surface area contributed by atoms with Crippen molar-refractivity contribution in [2.24, 2.45) is 0 Å². The van der Waals surface area contributed by atoms with Crippen LogP contribution in [0.3, 0.4) is 0 Å². The summed E-state index contributed by atoms with van der Waals surface area (Å²) in [7, 11) is 0. The van der Waals surface area contributed by atoms with Gasteiger partial charge in [-0.25, -0.2) is 0 Å². The topological polar surface area (TPSA) is 30.5 Å². The molecule has 1 aliphatic rings. The summed E-state index contributed by atoms with van der Waals surface area (Å²) in [6.45, 7) is 6.71. The van der Waals surface area contributed by atoms with Crippen LogP contribution in [-0.2, 0) is 9.47 Å². The Morgan fingerprint density at radius 2 is 2.29 bits per heavy atom. The van der Waals surface area contributed by atoms with Crippen LogP contribution in [0.25, 0.3) is 0 Å². The van der Waals surface area contributed by atoms with Gasteiger partial charge in [-0.15, -0.1) is 0 Å². The predicted molar refractivity (Wildman–Crippen MR) is 57.6 cm³/mol. The van der Waals surface area contributed by atoms with Crippen molar-refractivity contribution < 1.29 is 9.47 Å². The third kappa shape index (κ3) is 5.58. The molecule has 0 aromatic heterocycles. The van der Waals surface area contributed by atoms with Gasteiger partial charge in [0.25, 0.3) is 0 Å². The van der Waals surface area contributed by atoms with Crippen LogP contribution >= 0.6 is 0 Å². The third-order valence-electron chi connectivity index (χ3n) is 2.43. The van der Waals surface area contributed by atoms with Crippen LogP contribution in [0.2, 0.25) is 0 Å². The van der Waals surface area contributed by atoms with Crippen molar-refractivity contribution in [1.29, 1.82) is 0 Å². The van der Waals surface area contributed by atoms with E-state index in [2.05, 4.69) is 12.2 Å². The molecule has 1 rings (SSSR count). The van der Waals surface area contributed by atoms with Gasteiger partial charge in [-0.1, -0.05) is 6.92 Å². The van der Waals surface area contributed by atoms with Gasteiger partial charge in [0, 0.05) is 13.2 Å². The molecule has 3 heteroatoms. The lowest BCUT2D eigenvalue weighted by molar-refractivity contribution is -0.0398. The molecule has 1 aliphatic heterocycles. The van der Waals surface area contributed by atoms with Crippen molar-refractivity contribution >= 4 is 0 Å². The Morgan fingerprint density at radius 1 is 1.36 bits per heavy atom. The summed E-state index contributed by atoms with van der Waals surface area (Å²) in [5.74, 6) is 0. The Morgan fingerprint density at radius 3 is 3.00 bits per heavy atom. The number of rotatable bonds is 7. The fourth-order valence-corrected chi connectivity index (χ4v) is 1.60. The first-order valence-electron chi connectivity index (χ1n) is 5.83. The largest absolute Gasteiger partial charge is 0.377 e. The Bertz CT molecular complexity index is 124. The highest BCUT2D eigenvalue weighted by atomic mass is 16.5. The summed E-state index contributed by atoms with van der Waals surface area (Å²) in [6, 6.07) is 0. The van der Waals surface area contributed by atoms with Gasteiger partial charge in [0.1, 0.15) is 0 Å². The smallest absolute Gasteiger partial charge is 0.0808 e. The summed E-state index contributed by atoms with van der Waals surface area (Å²) in [6.07, 6.45) is 5.22. The summed E-state index contributed by atoms with van der Waals surface area (Å²) >= 11 is 0. The number of ether oxygens (including phenoxy) is 2. The molecule has 14 heavy (non-hydrogen) atoms. The minimum absolute atomic E-state index is 0.356. The van der Waals surface area contributed by atoms with Crippen LogP contribution in [0, 0.1) is 0 Å². The van der Waals surface area contributed by atoms with Crippen molar-refractivity contribution in [2.75, 3.05) is 32.9 Å². The van der Waals surface area contributed by atoms with Crippen LogP contribution in [0.4, 0.5) is 0 Å². The van der Waals surface area contributed by atoms with Gasteiger partial charge in [0.05, 0.1) is 19.3 Å². The van der Waals surface area contributed by atoms with E-state index in [4.69, 9.17) is 9.47 Å². The van der Waals surface area contributed by atoms with Crippen molar-refractivity contribution in [2.45, 2.75) is 38.7 Å². The second-order valence-electron chi connectivity index (χ2n) is 3.81. The average Bonchev–Trinajstić information content (AvgIpc) is 2.25. The van der Waals surface area contributed by atoms with E-state index < -0.39 is 0 Å². The quantitative estimate of drug-likeness (QED) is 0.634. The zero-order valence-corrected chi connectivity index (χ0v) is 9.26. The molecule has 1 atom stereocenters. The van der Waals surface area contributed by atoms with Crippen LogP contribution in [-0.4, -0.2) is 39.0 Å². The van der Waals surface area contributed by atoms with E-state index in [0.717, 1.165) is 32.9 Å². The van der Waals surface area contributed by atoms with Crippen molar-refractivity contribution in [3.05, 3.63) is 0 Å². The molecule has 3 nitrogen and oxygen atoms in total. The molecule has 0 aliphatic carbocycles. The molecule has 0 radical (unpaired) electrons. The zero-order valence-electron chi connectivity index (χ0n) is 9.26. The van der Waals surface area contributed by atoms with E-state index in [1.54, 1.807) is 0 Å². The maximum Gasteiger partial charge on any atom is 0.0808 e. The molecule has 0 bridgehead atoms. The van der Waals surface area contributed by atoms with Gasteiger partial charge in [-0.3, -0.25) is 0 Å². The van der Waals surface area contributed by atoms with Crippen molar-refractivity contribution in [1.82, 2.24) is 5.32 Å². The first-order chi connectivity index (χ1) is 6.93. The van der Waals surface area contributed by atoms with Gasteiger partial charge in [-0.05, 0) is 32.2 Å². The normalized spacial score (nSPS) is 22.5. The molecule has 0 amide bonds. The molecular formula is C11H23NO2. The van der Waals surface area contributed by atoms with Crippen LogP contribution in [0.5, 0.6) is 0 Å². The monoisotopic (exact) mass is 201 g/mol. The van der Waals surface area contributed by atoms with Gasteiger partial charge in [-0.2, -0.15) is 0 Å². The highest BCUT2D eigenvalue weighted by Gasteiger charge is 2.13. The second-order valence-corrected chi connectivity index (χ2v) is 3.81. The Kier molecular flexibility index (Phi) is 7.01. The summed E-state index contributed by atoms with van der Waals surface area (Å²) in [5, 5.41) is 3.31. The van der Waals surface area contributed by atoms with E-state index >= 15 is 0 Å². The average molecular weight is 201 g/mol. The minimum atomic E-state index is 0.356. The van der Waals surface area contributed by atoms with Crippen LogP contribution in [0.15, 0.2) is 0 Å². The third-order valence-corrected chi connectivity index (χ3v) is 2.43. The lowest BCUT2D eigenvalue weighted by Gasteiger charge is -2.22. The summed E-state index contributed by atoms with van der Waals surface area (Å²) in [4.78, 5) is 0. The fourth-order valence-electron chi connectivity index (χ4n) is 1.60. The maximum absolute atomic E-state index is 5.56. The SMILES string of the molecule is CCCNCCOCC1CCCCO1. The van der Waals surface area contributed by atoms with Crippen LogP contribution < -0.4 is 5.32 Å². The second kappa shape index (κ2) is 8.21. The van der Waals surface area contributed by atoms with Crippen LogP contribution in [0.1, 0.15) is 32.6 Å². The first-order valence-corrected chi connectivity index (χ1v) is 5.83. The van der Waals surface area contributed by atoms with Crippen molar-refractivity contribution in [3.8, 4) is 0 Å². The minimum Gasteiger partial charge on any atom is -0.377 e. The fraction of sp³-hybridized carbons (Fsp3) is 1.00. The molecule has 0 aromatic carbocycles. The highest BCUT2D eigenvalue weighted by Crippen LogP contribution is 2.12. The summed E-state index contributed by atoms with van der Waals surface area (Å²) in [5.41, 5.74) is 0. The molecule has 0 saturated carbocycles. The molecule has 1 unspecified atom stereocenters. The van der Waals surface area contributed by atoms with Gasteiger partial charge in [0.2, 0.25) is 0 Å². The van der Waals surface area contributed by atoms with Gasteiger partial charge >= 0.3 is 0 Å². The Hall–Kier alpha value is -0.120. The number of hydrogen-bond acceptors (Lipinski definition) is 3. The van der Waals surface area contributed by atoms with E-state index in [1.165, 1.54) is 25.7 Å². The number of nitrogens with one attached hydrogen (secondary N) is 1. The van der Waals surface area contributed by atoms with E-state index in [-0.39, 0.29) is 0 Å². The number of hydrogen-bond donors (Lipinski definition) is 1. The highest BCUT2D eigenvalue weighted by molar-refractivity contribution is 4.62. The van der Waals surface area contributed by atoms with E-state index in [1.807, 2.05) is 0 Å². The molecule has 1 N–H and O–H groups in total. The molecule has 1 fully saturated rings. The molecular weight excluding hydrogens is 178 g/mol. The Balaban J connectivity index is 1.82. The lowest BCUT2D eigenvalue weighted by atomic mass is 10.1. The van der Waals surface area contributed by atoms with E-state index in [0.29, 0.717) is 6.10 Å². The molecule has 84 valence electrons. The maximum atomic E-state index is 5.56. The summed E-state index contributed by atoms with van der Waals surface area (Å²) < 4.78 is 11.1. The van der Waals surface area contributed by atoms with E-state index in [9.17, 15) is 0 Å². The van der Waals surface area contributed by atoms with Crippen molar-refractivity contribution in [3.63, 3.8) is 0 Å². The zero-order chi connectivity index (χ0) is 10.1. The first kappa shape index (κ1) is 12.0. The van der Waals surface area contributed by atoms with Gasteiger partial charge in [0.15, 0.2) is 0 Å². The Labute approximate surface area is 87.2 Å². The standard InChI is InChI=1S/C11H23NO2/c1-2-6-12-7-9-13-10-11-5-3-4-8-14-11/h11-12H,2-10H2,1H3. The predicted octanol–water partition coefficient (Wildman–Crippen LogP) is 1.57. The lowest BCUT2D eigenvalue weighted by Crippen LogP contribution is -2.27. The molecule has 1 heterocycles. The molecule has 0 aromatic rings. The molecule has 1 saturated heterocycles. The van der Waals surface area contributed by atoms with Gasteiger partial charge < -0.3 is 14.8 Å².